The minimum Gasteiger partial charge on any atom is -0.357 e. The smallest absolute Gasteiger partial charge is 0.191 e. The average molecular weight is 339 g/mol. The fraction of sp³-hybridized carbons (Fsp3) is 0.263. The van der Waals surface area contributed by atoms with Crippen LogP contribution in [0.1, 0.15) is 18.3 Å². The van der Waals surface area contributed by atoms with Crippen LogP contribution in [0.5, 0.6) is 0 Å². The van der Waals surface area contributed by atoms with Crippen molar-refractivity contribution in [3.63, 3.8) is 0 Å². The maximum Gasteiger partial charge on any atom is 0.191 e. The number of nitrogens with one attached hydrogen (secondary N) is 3. The van der Waals surface area contributed by atoms with E-state index in [1.165, 1.54) is 6.07 Å². The Bertz CT molecular complexity index is 823. The molecule has 0 saturated heterocycles. The summed E-state index contributed by atoms with van der Waals surface area (Å²) in [7, 11) is 0. The number of nitrogens with zero attached hydrogens (tertiary/aromatic N) is 2. The first-order valence-electron chi connectivity index (χ1n) is 8.45. The Kier molecular flexibility index (Phi) is 5.61. The molecule has 3 rings (SSSR count). The Morgan fingerprint density at radius 2 is 1.92 bits per heavy atom. The molecule has 6 heteroatoms. The molecule has 0 bridgehead atoms. The molecule has 5 nitrogen and oxygen atoms in total. The number of fused-ring (bicyclic) bond motifs is 1. The fourth-order valence-electron chi connectivity index (χ4n) is 2.56. The van der Waals surface area contributed by atoms with Crippen LogP contribution in [0.2, 0.25) is 0 Å². The lowest BCUT2D eigenvalue weighted by Gasteiger charge is -2.10. The molecule has 0 saturated carbocycles. The topological polar surface area (TPSA) is 65.1 Å². The Morgan fingerprint density at radius 3 is 2.72 bits per heavy atom. The number of imidazole rings is 1. The van der Waals surface area contributed by atoms with Crippen LogP contribution in [0.4, 0.5) is 4.39 Å². The Hall–Kier alpha value is -2.89. The van der Waals surface area contributed by atoms with E-state index in [1.54, 1.807) is 12.1 Å². The van der Waals surface area contributed by atoms with E-state index in [0.717, 1.165) is 29.8 Å². The number of benzene rings is 2. The third-order valence-corrected chi connectivity index (χ3v) is 3.80. The summed E-state index contributed by atoms with van der Waals surface area (Å²) in [4.78, 5) is 12.3. The fourth-order valence-corrected chi connectivity index (χ4v) is 2.56. The molecular weight excluding hydrogens is 317 g/mol. The predicted octanol–water partition coefficient (Wildman–Crippen LogP) is 3.00. The second kappa shape index (κ2) is 8.28. The second-order valence-electron chi connectivity index (χ2n) is 5.66. The zero-order valence-electron chi connectivity index (χ0n) is 14.2. The minimum absolute atomic E-state index is 0.232. The van der Waals surface area contributed by atoms with Crippen molar-refractivity contribution in [2.45, 2.75) is 19.9 Å². The van der Waals surface area contributed by atoms with E-state index in [4.69, 9.17) is 0 Å². The van der Waals surface area contributed by atoms with Crippen molar-refractivity contribution in [2.75, 3.05) is 13.1 Å². The molecule has 0 spiro atoms. The van der Waals surface area contributed by atoms with Gasteiger partial charge in [-0.2, -0.15) is 0 Å². The van der Waals surface area contributed by atoms with Crippen molar-refractivity contribution in [3.8, 4) is 0 Å². The number of H-pyrrole nitrogens is 1. The van der Waals surface area contributed by atoms with Crippen molar-refractivity contribution < 1.29 is 4.39 Å². The van der Waals surface area contributed by atoms with Gasteiger partial charge in [0.15, 0.2) is 5.96 Å². The summed E-state index contributed by atoms with van der Waals surface area (Å²) in [5, 5.41) is 6.43. The number of aromatic amines is 1. The maximum atomic E-state index is 13.7. The van der Waals surface area contributed by atoms with E-state index in [1.807, 2.05) is 37.3 Å². The molecule has 2 aromatic carbocycles. The quantitative estimate of drug-likeness (QED) is 0.478. The molecule has 0 atom stereocenters. The minimum atomic E-state index is -0.232. The summed E-state index contributed by atoms with van der Waals surface area (Å²) in [5.41, 5.74) is 2.59. The SMILES string of the molecule is CCNC(=NCc1ccccc1F)NCCc1nc2ccccc2[nH]1. The summed E-state index contributed by atoms with van der Waals surface area (Å²) in [6.45, 7) is 3.73. The van der Waals surface area contributed by atoms with Gasteiger partial charge in [-0.3, -0.25) is 0 Å². The van der Waals surface area contributed by atoms with Crippen LogP contribution in [-0.2, 0) is 13.0 Å². The van der Waals surface area contributed by atoms with Crippen molar-refractivity contribution in [2.24, 2.45) is 4.99 Å². The number of aliphatic imine (C=N–C) groups is 1. The standard InChI is InChI=1S/C19H22FN5/c1-2-21-19(23-13-14-7-3-4-8-15(14)20)22-12-11-18-24-16-9-5-6-10-17(16)25-18/h3-10H,2,11-13H2,1H3,(H,24,25)(H2,21,22,23). The van der Waals surface area contributed by atoms with E-state index in [9.17, 15) is 4.39 Å². The van der Waals surface area contributed by atoms with E-state index in [-0.39, 0.29) is 5.82 Å². The molecule has 0 unspecified atom stereocenters. The first-order valence-corrected chi connectivity index (χ1v) is 8.45. The number of guanidine groups is 1. The second-order valence-corrected chi connectivity index (χ2v) is 5.66. The molecule has 25 heavy (non-hydrogen) atoms. The molecule has 1 heterocycles. The molecule has 1 aromatic heterocycles. The zero-order valence-corrected chi connectivity index (χ0v) is 14.2. The molecule has 0 aliphatic rings. The van der Waals surface area contributed by atoms with Gasteiger partial charge in [0.25, 0.3) is 0 Å². The van der Waals surface area contributed by atoms with E-state index in [0.29, 0.717) is 24.6 Å². The number of halogens is 1. The molecule has 0 aliphatic heterocycles. The number of aromatic nitrogens is 2. The monoisotopic (exact) mass is 339 g/mol. The molecule has 0 radical (unpaired) electrons. The van der Waals surface area contributed by atoms with Crippen LogP contribution in [0.3, 0.4) is 0 Å². The third-order valence-electron chi connectivity index (χ3n) is 3.80. The molecule has 0 aliphatic carbocycles. The summed E-state index contributed by atoms with van der Waals surface area (Å²) in [5.74, 6) is 1.37. The molecule has 0 fully saturated rings. The predicted molar refractivity (Wildman–Crippen MR) is 99.0 cm³/mol. The van der Waals surface area contributed by atoms with Crippen LogP contribution in [0.25, 0.3) is 11.0 Å². The van der Waals surface area contributed by atoms with Gasteiger partial charge in [0.1, 0.15) is 11.6 Å². The lowest BCUT2D eigenvalue weighted by molar-refractivity contribution is 0.610. The van der Waals surface area contributed by atoms with Gasteiger partial charge in [-0.05, 0) is 25.1 Å². The van der Waals surface area contributed by atoms with E-state index >= 15 is 0 Å². The molecule has 3 N–H and O–H groups in total. The van der Waals surface area contributed by atoms with Crippen LogP contribution < -0.4 is 10.6 Å². The maximum absolute atomic E-state index is 13.7. The Morgan fingerprint density at radius 1 is 1.12 bits per heavy atom. The molecular formula is C19H22FN5. The highest BCUT2D eigenvalue weighted by Gasteiger charge is 2.04. The van der Waals surface area contributed by atoms with Crippen LogP contribution in [-0.4, -0.2) is 29.0 Å². The van der Waals surface area contributed by atoms with Gasteiger partial charge in [0.05, 0.1) is 17.6 Å². The highest BCUT2D eigenvalue weighted by atomic mass is 19.1. The van der Waals surface area contributed by atoms with Crippen LogP contribution >= 0.6 is 0 Å². The zero-order chi connectivity index (χ0) is 17.5. The van der Waals surface area contributed by atoms with Crippen molar-refractivity contribution in [3.05, 3.63) is 65.7 Å². The largest absolute Gasteiger partial charge is 0.357 e. The summed E-state index contributed by atoms with van der Waals surface area (Å²) in [6.07, 6.45) is 0.749. The van der Waals surface area contributed by atoms with Gasteiger partial charge in [0, 0.05) is 25.1 Å². The molecule has 3 aromatic rings. The van der Waals surface area contributed by atoms with Crippen LogP contribution in [0, 0.1) is 5.82 Å². The lowest BCUT2D eigenvalue weighted by atomic mass is 10.2. The van der Waals surface area contributed by atoms with Gasteiger partial charge >= 0.3 is 0 Å². The highest BCUT2D eigenvalue weighted by molar-refractivity contribution is 5.79. The highest BCUT2D eigenvalue weighted by Crippen LogP contribution is 2.10. The Balaban J connectivity index is 1.58. The van der Waals surface area contributed by atoms with Crippen molar-refractivity contribution >= 4 is 17.0 Å². The first-order chi connectivity index (χ1) is 12.3. The van der Waals surface area contributed by atoms with Crippen LogP contribution in [0.15, 0.2) is 53.5 Å². The third kappa shape index (κ3) is 4.56. The number of rotatable bonds is 6. The number of hydrogen-bond donors (Lipinski definition) is 3. The van der Waals surface area contributed by atoms with Gasteiger partial charge in [0.2, 0.25) is 0 Å². The first kappa shape index (κ1) is 17.0. The van der Waals surface area contributed by atoms with Crippen molar-refractivity contribution in [1.29, 1.82) is 0 Å². The van der Waals surface area contributed by atoms with Gasteiger partial charge < -0.3 is 15.6 Å². The summed E-state index contributed by atoms with van der Waals surface area (Å²) < 4.78 is 13.7. The van der Waals surface area contributed by atoms with E-state index < -0.39 is 0 Å². The van der Waals surface area contributed by atoms with E-state index in [2.05, 4.69) is 25.6 Å². The molecule has 0 amide bonds. The molecule has 130 valence electrons. The lowest BCUT2D eigenvalue weighted by Crippen LogP contribution is -2.38. The number of para-hydroxylation sites is 2. The number of hydrogen-bond acceptors (Lipinski definition) is 2. The van der Waals surface area contributed by atoms with Gasteiger partial charge in [-0.25, -0.2) is 14.4 Å². The van der Waals surface area contributed by atoms with Crippen molar-refractivity contribution in [1.82, 2.24) is 20.6 Å². The van der Waals surface area contributed by atoms with Gasteiger partial charge in [-0.1, -0.05) is 30.3 Å². The Labute approximate surface area is 146 Å². The summed E-state index contributed by atoms with van der Waals surface area (Å²) in [6, 6.07) is 14.7. The van der Waals surface area contributed by atoms with Gasteiger partial charge in [-0.15, -0.1) is 0 Å². The average Bonchev–Trinajstić information content (AvgIpc) is 3.03. The normalized spacial score (nSPS) is 11.7. The summed E-state index contributed by atoms with van der Waals surface area (Å²) >= 11 is 0.